The molecule has 16 heavy (non-hydrogen) atoms. The fourth-order valence-electron chi connectivity index (χ4n) is 1.09. The number of hydrogen-bond donors (Lipinski definition) is 0. The van der Waals surface area contributed by atoms with Crippen LogP contribution >= 0.6 is 11.5 Å². The van der Waals surface area contributed by atoms with Crippen molar-refractivity contribution in [3.63, 3.8) is 0 Å². The zero-order valence-electron chi connectivity index (χ0n) is 9.50. The van der Waals surface area contributed by atoms with Crippen LogP contribution in [0, 0.1) is 0 Å². The lowest BCUT2D eigenvalue weighted by Crippen LogP contribution is -2.33. The molecule has 0 aliphatic rings. The predicted molar refractivity (Wildman–Crippen MR) is 61.6 cm³/mol. The molecule has 7 heteroatoms. The number of aryl methyl sites for hydroxylation is 2. The largest absolute Gasteiger partial charge is 0.222 e. The minimum atomic E-state index is 0.639. The highest BCUT2D eigenvalue weighted by molar-refractivity contribution is 7.08. The number of nitrogens with zero attached hydrogens (tertiary/aromatic N) is 6. The molecule has 0 atom stereocenters. The van der Waals surface area contributed by atoms with Crippen molar-refractivity contribution in [3.05, 3.63) is 19.4 Å². The molecule has 0 aliphatic heterocycles. The Balaban J connectivity index is 0.000000606. The molecule has 0 unspecified atom stereocenters. The van der Waals surface area contributed by atoms with E-state index in [2.05, 4.69) is 40.0 Å². The molecule has 0 N–H and O–H groups in total. The van der Waals surface area contributed by atoms with Crippen LogP contribution in [0.15, 0.2) is 19.4 Å². The second kappa shape index (κ2) is 6.06. The molecule has 0 amide bonds. The number of aromatic nitrogens is 6. The summed E-state index contributed by atoms with van der Waals surface area (Å²) in [6, 6.07) is 0. The second-order valence-corrected chi connectivity index (χ2v) is 3.72. The van der Waals surface area contributed by atoms with Crippen LogP contribution in [0.4, 0.5) is 0 Å². The van der Waals surface area contributed by atoms with Crippen molar-refractivity contribution in [1.82, 2.24) is 24.7 Å². The van der Waals surface area contributed by atoms with Gasteiger partial charge in [-0.3, -0.25) is 0 Å². The molecule has 0 saturated carbocycles. The molecule has 0 spiro atoms. The van der Waals surface area contributed by atoms with Crippen molar-refractivity contribution in [2.24, 2.45) is 7.05 Å². The first kappa shape index (κ1) is 12.4. The number of hydrogen-bond acceptors (Lipinski definition) is 5. The average molecular weight is 239 g/mol. The van der Waals surface area contributed by atoms with E-state index in [9.17, 15) is 0 Å². The quantitative estimate of drug-likeness (QED) is 0.588. The summed E-state index contributed by atoms with van der Waals surface area (Å²) < 4.78 is 6.13. The predicted octanol–water partition coefficient (Wildman–Crippen LogP) is 0.833. The van der Waals surface area contributed by atoms with Gasteiger partial charge in [-0.25, -0.2) is 0 Å². The highest BCUT2D eigenvalue weighted by Gasteiger charge is 2.14. The summed E-state index contributed by atoms with van der Waals surface area (Å²) >= 11 is 1.39. The van der Waals surface area contributed by atoms with E-state index in [-0.39, 0.29) is 0 Å². The van der Waals surface area contributed by atoms with E-state index in [1.807, 2.05) is 10.9 Å². The molecule has 2 rings (SSSR count). The molecule has 2 aromatic heterocycles. The summed E-state index contributed by atoms with van der Waals surface area (Å²) in [6.45, 7) is 9.04. The molecule has 0 bridgehead atoms. The van der Waals surface area contributed by atoms with Crippen LogP contribution < -0.4 is 4.68 Å². The summed E-state index contributed by atoms with van der Waals surface area (Å²) in [7, 11) is 1.75. The molecule has 0 saturated heterocycles. The maximum Gasteiger partial charge on any atom is 0.222 e. The van der Waals surface area contributed by atoms with Gasteiger partial charge >= 0.3 is 0 Å². The summed E-state index contributed by atoms with van der Waals surface area (Å²) in [5, 5.41) is 11.8. The van der Waals surface area contributed by atoms with Gasteiger partial charge in [0.25, 0.3) is 0 Å². The van der Waals surface area contributed by atoms with Crippen molar-refractivity contribution in [2.75, 3.05) is 0 Å². The molecule has 0 aliphatic carbocycles. The monoisotopic (exact) mass is 239 g/mol. The zero-order chi connectivity index (χ0) is 12.0. The Bertz CT molecular complexity index is 435. The Morgan fingerprint density at radius 1 is 1.50 bits per heavy atom. The van der Waals surface area contributed by atoms with Gasteiger partial charge in [-0.05, 0) is 5.21 Å². The standard InChI is InChI=1S/C7H11N6S.C2H4/c1-3-4-13-5-6(14-11-13)7-8-10-12(2)9-7;1-2/h5H,3-4H2,1-2H3;1-2H2/q+1;. The highest BCUT2D eigenvalue weighted by atomic mass is 32.1. The van der Waals surface area contributed by atoms with Gasteiger partial charge in [0.05, 0.1) is 11.5 Å². The molecule has 86 valence electrons. The van der Waals surface area contributed by atoms with E-state index in [0.29, 0.717) is 5.82 Å². The molecule has 2 aromatic rings. The zero-order valence-corrected chi connectivity index (χ0v) is 10.3. The molecular formula is C9H15N6S+. The lowest BCUT2D eigenvalue weighted by molar-refractivity contribution is -0.746. The molecule has 0 radical (unpaired) electrons. The van der Waals surface area contributed by atoms with Crippen LogP contribution in [0.5, 0.6) is 0 Å². The van der Waals surface area contributed by atoms with Gasteiger partial charge < -0.3 is 0 Å². The normalized spacial score (nSPS) is 9.62. The second-order valence-electron chi connectivity index (χ2n) is 2.93. The Labute approximate surface area is 98.4 Å². The van der Waals surface area contributed by atoms with E-state index >= 15 is 0 Å². The van der Waals surface area contributed by atoms with Crippen LogP contribution in [0.1, 0.15) is 13.3 Å². The van der Waals surface area contributed by atoms with Crippen molar-refractivity contribution in [2.45, 2.75) is 19.9 Å². The fraction of sp³-hybridized carbons (Fsp3) is 0.444. The Morgan fingerprint density at radius 2 is 2.25 bits per heavy atom. The van der Waals surface area contributed by atoms with Gasteiger partial charge in [0.15, 0.2) is 11.4 Å². The van der Waals surface area contributed by atoms with Gasteiger partial charge in [0, 0.05) is 18.0 Å². The lowest BCUT2D eigenvalue weighted by Gasteiger charge is -1.80. The van der Waals surface area contributed by atoms with E-state index in [4.69, 9.17) is 0 Å². The van der Waals surface area contributed by atoms with Crippen LogP contribution in [-0.4, -0.2) is 24.7 Å². The third-order valence-electron chi connectivity index (χ3n) is 1.69. The lowest BCUT2D eigenvalue weighted by atomic mass is 10.5. The topological polar surface area (TPSA) is 60.4 Å². The van der Waals surface area contributed by atoms with Crippen molar-refractivity contribution < 1.29 is 4.68 Å². The Kier molecular flexibility index (Phi) is 4.71. The Morgan fingerprint density at radius 3 is 2.81 bits per heavy atom. The van der Waals surface area contributed by atoms with E-state index in [0.717, 1.165) is 17.8 Å². The SMILES string of the molecule is C=C.CCC[n+]1cc(-c2nnn(C)n2)sn1. The third-order valence-corrected chi connectivity index (χ3v) is 2.47. The van der Waals surface area contributed by atoms with Crippen LogP contribution in [0.25, 0.3) is 10.7 Å². The van der Waals surface area contributed by atoms with Gasteiger partial charge in [-0.15, -0.1) is 23.4 Å². The van der Waals surface area contributed by atoms with E-state index in [1.165, 1.54) is 16.3 Å². The molecular weight excluding hydrogens is 224 g/mol. The van der Waals surface area contributed by atoms with Crippen LogP contribution in [0.2, 0.25) is 0 Å². The van der Waals surface area contributed by atoms with E-state index in [1.54, 1.807) is 7.05 Å². The summed E-state index contributed by atoms with van der Waals surface area (Å²) in [6.07, 6.45) is 3.02. The average Bonchev–Trinajstić information content (AvgIpc) is 2.91. The first-order valence-electron chi connectivity index (χ1n) is 4.90. The minimum Gasteiger partial charge on any atom is -0.167 e. The first-order valence-corrected chi connectivity index (χ1v) is 5.67. The smallest absolute Gasteiger partial charge is 0.167 e. The third kappa shape index (κ3) is 2.93. The van der Waals surface area contributed by atoms with Gasteiger partial charge in [-0.2, -0.15) is 4.80 Å². The highest BCUT2D eigenvalue weighted by Crippen LogP contribution is 2.14. The minimum absolute atomic E-state index is 0.639. The fourth-order valence-corrected chi connectivity index (χ4v) is 1.75. The Hall–Kier alpha value is -1.63. The summed E-state index contributed by atoms with van der Waals surface area (Å²) in [5.41, 5.74) is 0. The van der Waals surface area contributed by atoms with Crippen LogP contribution in [-0.2, 0) is 13.6 Å². The first-order chi connectivity index (χ1) is 7.79. The molecule has 2 heterocycles. The van der Waals surface area contributed by atoms with Crippen molar-refractivity contribution in [1.29, 1.82) is 0 Å². The summed E-state index contributed by atoms with van der Waals surface area (Å²) in [5.74, 6) is 0.639. The van der Waals surface area contributed by atoms with Gasteiger partial charge in [0.2, 0.25) is 12.0 Å². The van der Waals surface area contributed by atoms with Crippen LogP contribution in [0.3, 0.4) is 0 Å². The molecule has 0 aromatic carbocycles. The maximum atomic E-state index is 4.23. The molecule has 0 fully saturated rings. The van der Waals surface area contributed by atoms with Crippen molar-refractivity contribution in [3.8, 4) is 10.7 Å². The number of rotatable bonds is 3. The van der Waals surface area contributed by atoms with Crippen molar-refractivity contribution >= 4 is 11.5 Å². The van der Waals surface area contributed by atoms with Gasteiger partial charge in [-0.1, -0.05) is 11.6 Å². The summed E-state index contributed by atoms with van der Waals surface area (Å²) in [4.78, 5) is 2.39. The van der Waals surface area contributed by atoms with E-state index < -0.39 is 0 Å². The maximum absolute atomic E-state index is 4.23. The molecule has 6 nitrogen and oxygen atoms in total. The van der Waals surface area contributed by atoms with Gasteiger partial charge in [0.1, 0.15) is 0 Å². The number of tetrazole rings is 1.